The van der Waals surface area contributed by atoms with Crippen molar-refractivity contribution in [3.8, 4) is 11.5 Å². The first-order valence-electron chi connectivity index (χ1n) is 8.04. The standard InChI is InChI=1S/C19H20F2N2O4/c1-23(2)16(24)11-12-7-9-13(10-8-12)22-18(25)14-5-4-6-15(26-3)17(14)27-19(20)21/h4-10,19H,11H2,1-3H3,(H,22,25). The van der Waals surface area contributed by atoms with Gasteiger partial charge in [0, 0.05) is 19.8 Å². The highest BCUT2D eigenvalue weighted by molar-refractivity contribution is 6.06. The first-order chi connectivity index (χ1) is 12.8. The second-order valence-corrected chi connectivity index (χ2v) is 5.83. The summed E-state index contributed by atoms with van der Waals surface area (Å²) in [5.41, 5.74) is 1.16. The number of anilines is 1. The van der Waals surface area contributed by atoms with E-state index in [-0.39, 0.29) is 29.4 Å². The number of hydrogen-bond acceptors (Lipinski definition) is 4. The van der Waals surface area contributed by atoms with Crippen molar-refractivity contribution >= 4 is 17.5 Å². The van der Waals surface area contributed by atoms with Gasteiger partial charge in [-0.15, -0.1) is 0 Å². The van der Waals surface area contributed by atoms with Crippen LogP contribution >= 0.6 is 0 Å². The lowest BCUT2D eigenvalue weighted by Gasteiger charge is -2.14. The second-order valence-electron chi connectivity index (χ2n) is 5.83. The fourth-order valence-electron chi connectivity index (χ4n) is 2.30. The van der Waals surface area contributed by atoms with Crippen molar-refractivity contribution in [3.05, 3.63) is 53.6 Å². The Morgan fingerprint density at radius 3 is 2.33 bits per heavy atom. The second kappa shape index (κ2) is 8.98. The van der Waals surface area contributed by atoms with E-state index in [4.69, 9.17) is 4.74 Å². The molecule has 2 aromatic carbocycles. The number of likely N-dealkylation sites (N-methyl/N-ethyl adjacent to an activating group) is 1. The van der Waals surface area contributed by atoms with Gasteiger partial charge in [-0.3, -0.25) is 9.59 Å². The van der Waals surface area contributed by atoms with Gasteiger partial charge in [-0.2, -0.15) is 8.78 Å². The molecule has 0 spiro atoms. The lowest BCUT2D eigenvalue weighted by molar-refractivity contribution is -0.127. The van der Waals surface area contributed by atoms with Gasteiger partial charge in [0.15, 0.2) is 11.5 Å². The van der Waals surface area contributed by atoms with Gasteiger partial charge in [-0.05, 0) is 29.8 Å². The number of benzene rings is 2. The van der Waals surface area contributed by atoms with Gasteiger partial charge >= 0.3 is 6.61 Å². The minimum Gasteiger partial charge on any atom is -0.493 e. The Labute approximate surface area is 155 Å². The zero-order chi connectivity index (χ0) is 20.0. The van der Waals surface area contributed by atoms with Crippen molar-refractivity contribution in [2.75, 3.05) is 26.5 Å². The summed E-state index contributed by atoms with van der Waals surface area (Å²) in [5.74, 6) is -0.972. The molecule has 0 aliphatic carbocycles. The summed E-state index contributed by atoms with van der Waals surface area (Å²) in [7, 11) is 4.64. The summed E-state index contributed by atoms with van der Waals surface area (Å²) in [6.07, 6.45) is 0.240. The van der Waals surface area contributed by atoms with E-state index >= 15 is 0 Å². The molecule has 2 rings (SSSR count). The molecular weight excluding hydrogens is 358 g/mol. The van der Waals surface area contributed by atoms with Crippen LogP contribution in [0.1, 0.15) is 15.9 Å². The number of nitrogens with zero attached hydrogens (tertiary/aromatic N) is 1. The van der Waals surface area contributed by atoms with Crippen LogP contribution in [-0.4, -0.2) is 44.5 Å². The lowest BCUT2D eigenvalue weighted by Crippen LogP contribution is -2.23. The van der Waals surface area contributed by atoms with Crippen molar-refractivity contribution in [2.24, 2.45) is 0 Å². The molecule has 0 bridgehead atoms. The highest BCUT2D eigenvalue weighted by Gasteiger charge is 2.20. The zero-order valence-corrected chi connectivity index (χ0v) is 15.2. The molecule has 27 heavy (non-hydrogen) atoms. The van der Waals surface area contributed by atoms with E-state index in [0.29, 0.717) is 5.69 Å². The number of carbonyl (C=O) groups is 2. The van der Waals surface area contributed by atoms with Gasteiger partial charge in [-0.25, -0.2) is 0 Å². The third kappa shape index (κ3) is 5.40. The van der Waals surface area contributed by atoms with E-state index in [1.54, 1.807) is 38.4 Å². The number of methoxy groups -OCH3 is 1. The van der Waals surface area contributed by atoms with E-state index < -0.39 is 12.5 Å². The monoisotopic (exact) mass is 378 g/mol. The van der Waals surface area contributed by atoms with E-state index in [0.717, 1.165) is 5.56 Å². The smallest absolute Gasteiger partial charge is 0.387 e. The van der Waals surface area contributed by atoms with Gasteiger partial charge in [0.25, 0.3) is 5.91 Å². The van der Waals surface area contributed by atoms with Gasteiger partial charge in [0.1, 0.15) is 0 Å². The van der Waals surface area contributed by atoms with Crippen LogP contribution in [0.4, 0.5) is 14.5 Å². The number of hydrogen-bond donors (Lipinski definition) is 1. The Hall–Kier alpha value is -3.16. The van der Waals surface area contributed by atoms with E-state index in [9.17, 15) is 18.4 Å². The molecule has 8 heteroatoms. The summed E-state index contributed by atoms with van der Waals surface area (Å²) in [6.45, 7) is -3.10. The van der Waals surface area contributed by atoms with Crippen LogP contribution in [-0.2, 0) is 11.2 Å². The molecule has 0 aromatic heterocycles. The minimum absolute atomic E-state index is 0.0282. The molecule has 6 nitrogen and oxygen atoms in total. The summed E-state index contributed by atoms with van der Waals surface area (Å²) in [4.78, 5) is 25.7. The molecule has 2 amide bonds. The Morgan fingerprint density at radius 1 is 1.11 bits per heavy atom. The topological polar surface area (TPSA) is 67.9 Å². The Balaban J connectivity index is 2.16. The van der Waals surface area contributed by atoms with Crippen LogP contribution < -0.4 is 14.8 Å². The molecule has 0 fully saturated rings. The largest absolute Gasteiger partial charge is 0.493 e. The number of carbonyl (C=O) groups excluding carboxylic acids is 2. The van der Waals surface area contributed by atoms with Crippen LogP contribution in [0.15, 0.2) is 42.5 Å². The highest BCUT2D eigenvalue weighted by Crippen LogP contribution is 2.33. The van der Waals surface area contributed by atoms with Crippen molar-refractivity contribution in [3.63, 3.8) is 0 Å². The lowest BCUT2D eigenvalue weighted by atomic mass is 10.1. The summed E-state index contributed by atoms with van der Waals surface area (Å²) >= 11 is 0. The average molecular weight is 378 g/mol. The maximum Gasteiger partial charge on any atom is 0.387 e. The predicted octanol–water partition coefficient (Wildman–Crippen LogP) is 3.18. The number of ether oxygens (including phenoxy) is 2. The fraction of sp³-hybridized carbons (Fsp3) is 0.263. The maximum atomic E-state index is 12.7. The van der Waals surface area contributed by atoms with Gasteiger partial charge < -0.3 is 19.7 Å². The van der Waals surface area contributed by atoms with E-state index in [2.05, 4.69) is 10.1 Å². The Bertz CT molecular complexity index is 808. The molecule has 0 unspecified atom stereocenters. The minimum atomic E-state index is -3.10. The van der Waals surface area contributed by atoms with E-state index in [1.165, 1.54) is 30.2 Å². The van der Waals surface area contributed by atoms with Crippen molar-refractivity contribution in [2.45, 2.75) is 13.0 Å². The number of alkyl halides is 2. The molecule has 0 atom stereocenters. The summed E-state index contributed by atoms with van der Waals surface area (Å²) in [5, 5.41) is 2.61. The average Bonchev–Trinajstić information content (AvgIpc) is 2.62. The molecule has 1 N–H and O–H groups in total. The van der Waals surface area contributed by atoms with Gasteiger partial charge in [0.05, 0.1) is 19.1 Å². The number of halogens is 2. The van der Waals surface area contributed by atoms with Crippen LogP contribution in [0.2, 0.25) is 0 Å². The predicted molar refractivity (Wildman–Crippen MR) is 96.4 cm³/mol. The number of nitrogens with one attached hydrogen (secondary N) is 1. The molecule has 0 heterocycles. The highest BCUT2D eigenvalue weighted by atomic mass is 19.3. The molecule has 0 aliphatic rings. The van der Waals surface area contributed by atoms with Crippen LogP contribution in [0.25, 0.3) is 0 Å². The molecule has 0 radical (unpaired) electrons. The van der Waals surface area contributed by atoms with Gasteiger partial charge in [0.2, 0.25) is 5.91 Å². The Morgan fingerprint density at radius 2 is 1.78 bits per heavy atom. The van der Waals surface area contributed by atoms with Crippen LogP contribution in [0, 0.1) is 0 Å². The molecule has 144 valence electrons. The van der Waals surface area contributed by atoms with Crippen molar-refractivity contribution in [1.29, 1.82) is 0 Å². The normalized spacial score (nSPS) is 10.4. The summed E-state index contributed by atoms with van der Waals surface area (Å²) < 4.78 is 34.8. The number of para-hydroxylation sites is 1. The summed E-state index contributed by atoms with van der Waals surface area (Å²) in [6, 6.07) is 11.0. The first kappa shape index (κ1) is 20.2. The number of amides is 2. The molecule has 0 aliphatic heterocycles. The van der Waals surface area contributed by atoms with Crippen LogP contribution in [0.3, 0.4) is 0 Å². The van der Waals surface area contributed by atoms with Crippen molar-refractivity contribution < 1.29 is 27.8 Å². The van der Waals surface area contributed by atoms with Gasteiger partial charge in [-0.1, -0.05) is 18.2 Å². The molecule has 0 saturated heterocycles. The van der Waals surface area contributed by atoms with Crippen LogP contribution in [0.5, 0.6) is 11.5 Å². The SMILES string of the molecule is COc1cccc(C(=O)Nc2ccc(CC(=O)N(C)C)cc2)c1OC(F)F. The van der Waals surface area contributed by atoms with Crippen molar-refractivity contribution in [1.82, 2.24) is 4.90 Å². The first-order valence-corrected chi connectivity index (χ1v) is 8.04. The third-order valence-corrected chi connectivity index (χ3v) is 3.72. The van der Waals surface area contributed by atoms with E-state index in [1.807, 2.05) is 0 Å². The Kier molecular flexibility index (Phi) is 6.70. The fourth-order valence-corrected chi connectivity index (χ4v) is 2.30. The maximum absolute atomic E-state index is 12.7. The number of rotatable bonds is 7. The quantitative estimate of drug-likeness (QED) is 0.804. The zero-order valence-electron chi connectivity index (χ0n) is 15.2. The third-order valence-electron chi connectivity index (χ3n) is 3.72. The molecular formula is C19H20F2N2O4. The molecule has 2 aromatic rings. The molecule has 0 saturated carbocycles.